The maximum absolute atomic E-state index is 13.8. The van der Waals surface area contributed by atoms with Crippen LogP contribution in [0.3, 0.4) is 0 Å². The molecule has 3 aliphatic heterocycles. The molecule has 0 bridgehead atoms. The van der Waals surface area contributed by atoms with Crippen LogP contribution in [0.15, 0.2) is 42.6 Å². The first-order valence-corrected chi connectivity index (χ1v) is 17.0. The molecule has 1 amide bonds. The predicted octanol–water partition coefficient (Wildman–Crippen LogP) is 7.08. The van der Waals surface area contributed by atoms with Gasteiger partial charge in [-0.15, -0.1) is 0 Å². The molecule has 2 fully saturated rings. The number of hydrogen-bond donors (Lipinski definition) is 1. The zero-order chi connectivity index (χ0) is 36.3. The lowest BCUT2D eigenvalue weighted by atomic mass is 9.89. The van der Waals surface area contributed by atoms with Crippen molar-refractivity contribution in [3.8, 4) is 0 Å². The van der Waals surface area contributed by atoms with E-state index in [0.717, 1.165) is 23.4 Å². The molecule has 0 spiro atoms. The van der Waals surface area contributed by atoms with Crippen molar-refractivity contribution in [1.29, 1.82) is 0 Å². The molecule has 51 heavy (non-hydrogen) atoms. The number of hydrogen-bond acceptors (Lipinski definition) is 9. The van der Waals surface area contributed by atoms with E-state index < -0.39 is 35.6 Å². The zero-order valence-electron chi connectivity index (χ0n) is 28.3. The molecule has 0 unspecified atom stereocenters. The van der Waals surface area contributed by atoms with Crippen LogP contribution in [0.2, 0.25) is 0 Å². The monoisotopic (exact) mass is 722 g/mol. The first-order valence-electron chi connectivity index (χ1n) is 17.0. The number of aromatic nitrogens is 2. The van der Waals surface area contributed by atoms with E-state index in [1.807, 2.05) is 30.0 Å². The maximum Gasteiger partial charge on any atom is 0.416 e. The Balaban J connectivity index is 1.40. The summed E-state index contributed by atoms with van der Waals surface area (Å²) in [4.78, 5) is 28.3. The number of rotatable bonds is 8. The van der Waals surface area contributed by atoms with Crippen molar-refractivity contribution in [2.24, 2.45) is 0 Å². The lowest BCUT2D eigenvalue weighted by Crippen LogP contribution is -2.46. The number of morpholine rings is 2. The Labute approximate surface area is 291 Å². The molecule has 0 radical (unpaired) electrons. The van der Waals surface area contributed by atoms with E-state index in [9.17, 15) is 31.1 Å². The second-order valence-corrected chi connectivity index (χ2v) is 12.6. The number of anilines is 4. The van der Waals surface area contributed by atoms with Gasteiger partial charge in [0, 0.05) is 49.9 Å². The van der Waals surface area contributed by atoms with Gasteiger partial charge in [0.1, 0.15) is 0 Å². The van der Waals surface area contributed by atoms with Gasteiger partial charge in [0.25, 0.3) is 0 Å². The van der Waals surface area contributed by atoms with E-state index in [1.54, 1.807) is 18.0 Å². The van der Waals surface area contributed by atoms with E-state index in [-0.39, 0.29) is 42.3 Å². The largest absolute Gasteiger partial charge is 0.449 e. The van der Waals surface area contributed by atoms with E-state index in [2.05, 4.69) is 15.2 Å². The van der Waals surface area contributed by atoms with Gasteiger partial charge in [-0.25, -0.2) is 14.8 Å². The summed E-state index contributed by atoms with van der Waals surface area (Å²) in [5.74, 6) is 0.150. The smallest absolute Gasteiger partial charge is 0.416 e. The molecule has 16 heteroatoms. The standard InChI is InChI=1S/C35H40F6N6O4/c1-3-25-20-28(27-19-26(45-7-11-49-12-8-45)5-6-30(27)47(25)33(48)51-4-2)43-32-42-21-31(46-9-13-50-14-10-46)29(44-32)17-22-15-23(34(36,37)38)18-24(16-22)35(39,40)41/h5-6,15-16,18-19,21,25,28H,3-4,7-14,17,20H2,1-2H3,(H,42,43,44)/t25-,28+/m1/s1. The van der Waals surface area contributed by atoms with Crippen molar-refractivity contribution in [3.63, 3.8) is 0 Å². The van der Waals surface area contributed by atoms with Crippen molar-refractivity contribution >= 4 is 29.1 Å². The Morgan fingerprint density at radius 1 is 0.882 bits per heavy atom. The summed E-state index contributed by atoms with van der Waals surface area (Å²) in [5, 5.41) is 3.40. The van der Waals surface area contributed by atoms with Crippen LogP contribution in [0.5, 0.6) is 0 Å². The SMILES string of the molecule is CCOC(=O)N1c2ccc(N3CCOCC3)cc2[C@@H](Nc2ncc(N3CCOCC3)c(Cc3cc(C(F)(F)F)cc(C(F)(F)F)c3)n2)C[C@H]1CC. The van der Waals surface area contributed by atoms with Gasteiger partial charge in [-0.3, -0.25) is 4.90 Å². The summed E-state index contributed by atoms with van der Waals surface area (Å²) in [6, 6.07) is 6.80. The Kier molecular flexibility index (Phi) is 10.8. The Morgan fingerprint density at radius 3 is 2.10 bits per heavy atom. The molecule has 3 aromatic rings. The number of carbonyl (C=O) groups excluding carboxylic acids is 1. The third kappa shape index (κ3) is 8.27. The summed E-state index contributed by atoms with van der Waals surface area (Å²) < 4.78 is 98.9. The third-order valence-electron chi connectivity index (χ3n) is 9.35. The van der Waals surface area contributed by atoms with Gasteiger partial charge in [0.2, 0.25) is 5.95 Å². The van der Waals surface area contributed by atoms with Gasteiger partial charge >= 0.3 is 18.4 Å². The lowest BCUT2D eigenvalue weighted by molar-refractivity contribution is -0.143. The highest BCUT2D eigenvalue weighted by atomic mass is 19.4. The molecule has 1 aromatic heterocycles. The van der Waals surface area contributed by atoms with Crippen LogP contribution in [-0.2, 0) is 33.0 Å². The van der Waals surface area contributed by atoms with Gasteiger partial charge in [-0.1, -0.05) is 6.92 Å². The molecule has 0 saturated carbocycles. The minimum absolute atomic E-state index is 0.120. The molecule has 276 valence electrons. The summed E-state index contributed by atoms with van der Waals surface area (Å²) in [5.41, 5.74) is 0.191. The van der Waals surface area contributed by atoms with Crippen molar-refractivity contribution < 1.29 is 45.3 Å². The summed E-state index contributed by atoms with van der Waals surface area (Å²) in [6.07, 6.45) is -8.12. The van der Waals surface area contributed by atoms with Crippen molar-refractivity contribution in [3.05, 3.63) is 70.5 Å². The summed E-state index contributed by atoms with van der Waals surface area (Å²) in [7, 11) is 0. The molecular formula is C35H40F6N6O4. The number of ether oxygens (including phenoxy) is 3. The number of nitrogens with one attached hydrogen (secondary N) is 1. The topological polar surface area (TPSA) is 92.3 Å². The number of benzene rings is 2. The van der Waals surface area contributed by atoms with Gasteiger partial charge in [0.15, 0.2) is 0 Å². The van der Waals surface area contributed by atoms with Crippen molar-refractivity contribution in [2.45, 2.75) is 57.5 Å². The van der Waals surface area contributed by atoms with Gasteiger partial charge in [-0.05, 0) is 61.7 Å². The molecule has 10 nitrogen and oxygen atoms in total. The van der Waals surface area contributed by atoms with E-state index in [1.165, 1.54) is 0 Å². The maximum atomic E-state index is 13.8. The van der Waals surface area contributed by atoms with Crippen LogP contribution in [0.25, 0.3) is 0 Å². The zero-order valence-corrected chi connectivity index (χ0v) is 28.3. The van der Waals surface area contributed by atoms with Gasteiger partial charge in [-0.2, -0.15) is 26.3 Å². The summed E-state index contributed by atoms with van der Waals surface area (Å²) in [6.45, 7) is 8.13. The normalized spacial score (nSPS) is 19.9. The van der Waals surface area contributed by atoms with Crippen LogP contribution in [0, 0.1) is 0 Å². The van der Waals surface area contributed by atoms with Crippen LogP contribution in [0.1, 0.15) is 60.7 Å². The molecule has 3 aliphatic rings. The molecule has 2 saturated heterocycles. The molecular weight excluding hydrogens is 682 g/mol. The fraction of sp³-hybridized carbons (Fsp3) is 0.514. The highest BCUT2D eigenvalue weighted by Gasteiger charge is 2.39. The number of halogens is 6. The van der Waals surface area contributed by atoms with Gasteiger partial charge < -0.3 is 29.3 Å². The Morgan fingerprint density at radius 2 is 1.51 bits per heavy atom. The highest BCUT2D eigenvalue weighted by Crippen LogP contribution is 2.43. The van der Waals surface area contributed by atoms with Crippen molar-refractivity contribution in [1.82, 2.24) is 9.97 Å². The average Bonchev–Trinajstić information content (AvgIpc) is 3.11. The number of fused-ring (bicyclic) bond motifs is 1. The van der Waals surface area contributed by atoms with Crippen LogP contribution in [0.4, 0.5) is 54.1 Å². The average molecular weight is 723 g/mol. The second-order valence-electron chi connectivity index (χ2n) is 12.6. The molecule has 6 rings (SSSR count). The Hall–Kier alpha value is -4.31. The molecule has 0 aliphatic carbocycles. The fourth-order valence-electron chi connectivity index (χ4n) is 6.84. The minimum atomic E-state index is -4.98. The van der Waals surface area contributed by atoms with Crippen molar-refractivity contribution in [2.75, 3.05) is 79.2 Å². The molecule has 1 N–H and O–H groups in total. The Bertz CT molecular complexity index is 1660. The second kappa shape index (κ2) is 15.1. The quantitative estimate of drug-likeness (QED) is 0.245. The highest BCUT2D eigenvalue weighted by molar-refractivity contribution is 5.91. The first kappa shape index (κ1) is 36.5. The molecule has 2 atom stereocenters. The third-order valence-corrected chi connectivity index (χ3v) is 9.35. The van der Waals surface area contributed by atoms with Crippen LogP contribution in [-0.4, -0.2) is 81.3 Å². The fourth-order valence-corrected chi connectivity index (χ4v) is 6.84. The number of amides is 1. The number of alkyl halides is 6. The number of nitrogens with zero attached hydrogens (tertiary/aromatic N) is 5. The summed E-state index contributed by atoms with van der Waals surface area (Å²) >= 11 is 0. The van der Waals surface area contributed by atoms with Gasteiger partial charge in [0.05, 0.1) is 73.5 Å². The first-order chi connectivity index (χ1) is 24.4. The number of carbonyl (C=O) groups is 1. The van der Waals surface area contributed by atoms with E-state index in [0.29, 0.717) is 76.8 Å². The van der Waals surface area contributed by atoms with Crippen LogP contribution < -0.4 is 20.0 Å². The molecule has 2 aromatic carbocycles. The molecule has 4 heterocycles. The predicted molar refractivity (Wildman–Crippen MR) is 178 cm³/mol. The van der Waals surface area contributed by atoms with E-state index in [4.69, 9.17) is 19.2 Å². The van der Waals surface area contributed by atoms with Crippen LogP contribution >= 0.6 is 0 Å². The minimum Gasteiger partial charge on any atom is -0.449 e. The van der Waals surface area contributed by atoms with E-state index >= 15 is 0 Å². The lowest BCUT2D eigenvalue weighted by Gasteiger charge is -2.41.